The lowest BCUT2D eigenvalue weighted by atomic mass is 9.90. The number of amides is 1. The predicted molar refractivity (Wildman–Crippen MR) is 91.4 cm³/mol. The highest BCUT2D eigenvalue weighted by atomic mass is 16.2. The Balaban J connectivity index is 1.52. The van der Waals surface area contributed by atoms with Crippen molar-refractivity contribution in [2.45, 2.75) is 39.0 Å². The number of hydrogen-bond donors (Lipinski definition) is 1. The Morgan fingerprint density at radius 2 is 2.00 bits per heavy atom. The summed E-state index contributed by atoms with van der Waals surface area (Å²) in [5.74, 6) is 0.748. The number of carbonyl (C=O) groups is 1. The number of rotatable bonds is 5. The number of aromatic nitrogens is 2. The summed E-state index contributed by atoms with van der Waals surface area (Å²) in [5, 5.41) is 7.15. The molecule has 1 amide bonds. The number of aromatic amines is 1. The second-order valence-electron chi connectivity index (χ2n) is 6.45. The van der Waals surface area contributed by atoms with E-state index in [0.717, 1.165) is 50.9 Å². The molecule has 4 nitrogen and oxygen atoms in total. The summed E-state index contributed by atoms with van der Waals surface area (Å²) in [4.78, 5) is 14.5. The summed E-state index contributed by atoms with van der Waals surface area (Å²) in [6.07, 6.45) is 5.27. The Hall–Kier alpha value is -2.10. The first kappa shape index (κ1) is 15.8. The number of piperidine rings is 1. The molecule has 1 aromatic heterocycles. The van der Waals surface area contributed by atoms with Crippen LogP contribution in [0.15, 0.2) is 36.4 Å². The molecular weight excluding hydrogens is 286 g/mol. The van der Waals surface area contributed by atoms with E-state index in [1.165, 1.54) is 5.56 Å². The fourth-order valence-corrected chi connectivity index (χ4v) is 3.32. The van der Waals surface area contributed by atoms with E-state index in [9.17, 15) is 4.79 Å². The zero-order valence-electron chi connectivity index (χ0n) is 13.8. The van der Waals surface area contributed by atoms with Gasteiger partial charge in [0.2, 0.25) is 0 Å². The molecule has 0 bridgehead atoms. The number of likely N-dealkylation sites (tertiary alicyclic amines) is 1. The van der Waals surface area contributed by atoms with Crippen LogP contribution in [0.4, 0.5) is 0 Å². The molecule has 4 heteroatoms. The molecule has 0 radical (unpaired) electrons. The summed E-state index contributed by atoms with van der Waals surface area (Å²) in [6.45, 7) is 3.80. The minimum atomic E-state index is 0.0711. The number of carbonyl (C=O) groups excluding carboxylic acids is 1. The molecule has 0 atom stereocenters. The van der Waals surface area contributed by atoms with Crippen molar-refractivity contribution in [1.29, 1.82) is 0 Å². The summed E-state index contributed by atoms with van der Waals surface area (Å²) in [6, 6.07) is 12.5. The number of hydrogen-bond acceptors (Lipinski definition) is 2. The molecule has 2 heterocycles. The van der Waals surface area contributed by atoms with Crippen LogP contribution in [0.2, 0.25) is 0 Å². The average molecular weight is 311 g/mol. The number of nitrogens with one attached hydrogen (secondary N) is 1. The van der Waals surface area contributed by atoms with Gasteiger partial charge in [-0.25, -0.2) is 0 Å². The lowest BCUT2D eigenvalue weighted by molar-refractivity contribution is 0.0684. The highest BCUT2D eigenvalue weighted by Crippen LogP contribution is 2.22. The summed E-state index contributed by atoms with van der Waals surface area (Å²) < 4.78 is 0. The second-order valence-corrected chi connectivity index (χ2v) is 6.45. The topological polar surface area (TPSA) is 49.0 Å². The van der Waals surface area contributed by atoms with Gasteiger partial charge in [-0.1, -0.05) is 43.7 Å². The lowest BCUT2D eigenvalue weighted by Gasteiger charge is -2.31. The van der Waals surface area contributed by atoms with Gasteiger partial charge >= 0.3 is 0 Å². The third-order valence-corrected chi connectivity index (χ3v) is 4.64. The Bertz CT molecular complexity index is 627. The molecule has 23 heavy (non-hydrogen) atoms. The average Bonchev–Trinajstić information content (AvgIpc) is 3.05. The van der Waals surface area contributed by atoms with Gasteiger partial charge in [0.25, 0.3) is 5.91 Å². The maximum Gasteiger partial charge on any atom is 0.274 e. The van der Waals surface area contributed by atoms with E-state index in [0.29, 0.717) is 11.6 Å². The van der Waals surface area contributed by atoms with Gasteiger partial charge in [-0.2, -0.15) is 5.10 Å². The van der Waals surface area contributed by atoms with Crippen molar-refractivity contribution in [3.8, 4) is 0 Å². The molecule has 0 spiro atoms. The van der Waals surface area contributed by atoms with E-state index >= 15 is 0 Å². The van der Waals surface area contributed by atoms with Crippen LogP contribution in [0, 0.1) is 5.92 Å². The minimum absolute atomic E-state index is 0.0711. The first-order chi connectivity index (χ1) is 11.3. The second kappa shape index (κ2) is 7.44. The number of nitrogens with zero attached hydrogens (tertiary/aromatic N) is 2. The predicted octanol–water partition coefficient (Wildman–Crippen LogP) is 3.46. The van der Waals surface area contributed by atoms with Crippen molar-refractivity contribution in [2.75, 3.05) is 13.1 Å². The van der Waals surface area contributed by atoms with Gasteiger partial charge in [0, 0.05) is 18.8 Å². The van der Waals surface area contributed by atoms with E-state index in [-0.39, 0.29) is 5.91 Å². The van der Waals surface area contributed by atoms with Crippen LogP contribution < -0.4 is 0 Å². The van der Waals surface area contributed by atoms with Crippen LogP contribution in [0.3, 0.4) is 0 Å². The standard InChI is InChI=1S/C19H25N3O/c1-2-6-17-14-18(21-20-17)19(23)22-11-9-16(10-12-22)13-15-7-4-3-5-8-15/h3-5,7-8,14,16H,2,6,9-13H2,1H3,(H,20,21). The molecule has 1 N–H and O–H groups in total. The number of aryl methyl sites for hydroxylation is 1. The molecule has 122 valence electrons. The minimum Gasteiger partial charge on any atom is -0.337 e. The van der Waals surface area contributed by atoms with E-state index < -0.39 is 0 Å². The molecule has 0 unspecified atom stereocenters. The largest absolute Gasteiger partial charge is 0.337 e. The summed E-state index contributed by atoms with van der Waals surface area (Å²) >= 11 is 0. The Labute approximate surface area is 137 Å². The highest BCUT2D eigenvalue weighted by molar-refractivity contribution is 5.92. The van der Waals surface area contributed by atoms with Crippen LogP contribution >= 0.6 is 0 Å². The van der Waals surface area contributed by atoms with Crippen molar-refractivity contribution in [3.63, 3.8) is 0 Å². The summed E-state index contributed by atoms with van der Waals surface area (Å²) in [5.41, 5.74) is 3.01. The molecule has 2 aromatic rings. The van der Waals surface area contributed by atoms with E-state index in [4.69, 9.17) is 0 Å². The fourth-order valence-electron chi connectivity index (χ4n) is 3.32. The summed E-state index contributed by atoms with van der Waals surface area (Å²) in [7, 11) is 0. The zero-order valence-corrected chi connectivity index (χ0v) is 13.8. The fraction of sp³-hybridized carbons (Fsp3) is 0.474. The van der Waals surface area contributed by atoms with Crippen LogP contribution in [-0.4, -0.2) is 34.1 Å². The van der Waals surface area contributed by atoms with Gasteiger partial charge in [-0.05, 0) is 43.2 Å². The molecular formula is C19H25N3O. The normalized spacial score (nSPS) is 15.8. The van der Waals surface area contributed by atoms with Crippen LogP contribution in [-0.2, 0) is 12.8 Å². The van der Waals surface area contributed by atoms with Gasteiger partial charge in [-0.3, -0.25) is 9.89 Å². The molecule has 0 aliphatic carbocycles. The molecule has 1 aliphatic heterocycles. The van der Waals surface area contributed by atoms with E-state index in [1.54, 1.807) is 0 Å². The molecule has 0 saturated carbocycles. The Morgan fingerprint density at radius 1 is 1.26 bits per heavy atom. The quantitative estimate of drug-likeness (QED) is 0.919. The lowest BCUT2D eigenvalue weighted by Crippen LogP contribution is -2.39. The maximum atomic E-state index is 12.5. The van der Waals surface area contributed by atoms with Gasteiger partial charge < -0.3 is 4.90 Å². The third kappa shape index (κ3) is 4.01. The van der Waals surface area contributed by atoms with Crippen molar-refractivity contribution in [2.24, 2.45) is 5.92 Å². The van der Waals surface area contributed by atoms with Gasteiger partial charge in [0.1, 0.15) is 5.69 Å². The molecule has 1 saturated heterocycles. The highest BCUT2D eigenvalue weighted by Gasteiger charge is 2.25. The zero-order chi connectivity index (χ0) is 16.1. The van der Waals surface area contributed by atoms with Crippen molar-refractivity contribution < 1.29 is 4.79 Å². The monoisotopic (exact) mass is 311 g/mol. The van der Waals surface area contributed by atoms with Gasteiger partial charge in [-0.15, -0.1) is 0 Å². The van der Waals surface area contributed by atoms with E-state index in [2.05, 4.69) is 47.5 Å². The number of benzene rings is 1. The van der Waals surface area contributed by atoms with Crippen LogP contribution in [0.5, 0.6) is 0 Å². The maximum absolute atomic E-state index is 12.5. The molecule has 3 rings (SSSR count). The third-order valence-electron chi connectivity index (χ3n) is 4.64. The SMILES string of the molecule is CCCc1cc(C(=O)N2CCC(Cc3ccccc3)CC2)n[nH]1. The Morgan fingerprint density at radius 3 is 2.70 bits per heavy atom. The molecule has 1 aliphatic rings. The first-order valence-corrected chi connectivity index (χ1v) is 8.63. The molecule has 1 aromatic carbocycles. The van der Waals surface area contributed by atoms with Crippen molar-refractivity contribution in [1.82, 2.24) is 15.1 Å². The Kier molecular flexibility index (Phi) is 5.11. The molecule has 1 fully saturated rings. The van der Waals surface area contributed by atoms with Crippen LogP contribution in [0.1, 0.15) is 47.9 Å². The smallest absolute Gasteiger partial charge is 0.274 e. The van der Waals surface area contributed by atoms with Gasteiger partial charge in [0.05, 0.1) is 0 Å². The first-order valence-electron chi connectivity index (χ1n) is 8.63. The van der Waals surface area contributed by atoms with Crippen molar-refractivity contribution >= 4 is 5.91 Å². The number of H-pyrrole nitrogens is 1. The van der Waals surface area contributed by atoms with E-state index in [1.807, 2.05) is 11.0 Å². The van der Waals surface area contributed by atoms with Crippen molar-refractivity contribution in [3.05, 3.63) is 53.3 Å². The van der Waals surface area contributed by atoms with Crippen LogP contribution in [0.25, 0.3) is 0 Å². The van der Waals surface area contributed by atoms with Gasteiger partial charge in [0.15, 0.2) is 0 Å².